The Hall–Kier alpha value is -3.46. The first kappa shape index (κ1) is 20.8. The average Bonchev–Trinajstić information content (AvgIpc) is 3.28. The van der Waals surface area contributed by atoms with Crippen LogP contribution in [0, 0.1) is 5.82 Å². The number of aromatic amines is 1. The predicted molar refractivity (Wildman–Crippen MR) is 118 cm³/mol. The number of imidazole rings is 1. The number of nitrogens with zero attached hydrogens (tertiary/aromatic N) is 4. The number of ether oxygens (including phenoxy) is 1. The highest BCUT2D eigenvalue weighted by atomic mass is 19.1. The van der Waals surface area contributed by atoms with Crippen molar-refractivity contribution in [1.29, 1.82) is 0 Å². The lowest BCUT2D eigenvalue weighted by atomic mass is 10.1. The molecule has 0 atom stereocenters. The standard InChI is InChI=1S/C22H25FN6O2/c1-22(2,3)31-21(30)29(5)20-17-18(28(4)11-25-17)15-9-16(26-19(15)27-20)13-6-12(10-24)7-14(23)8-13/h6-9,11H,10,24H2,1-5H3,(H,26,27). The van der Waals surface area contributed by atoms with Gasteiger partial charge >= 0.3 is 6.09 Å². The smallest absolute Gasteiger partial charge is 0.415 e. The van der Waals surface area contributed by atoms with Crippen LogP contribution in [0.3, 0.4) is 0 Å². The van der Waals surface area contributed by atoms with Crippen LogP contribution in [0.1, 0.15) is 26.3 Å². The van der Waals surface area contributed by atoms with E-state index in [2.05, 4.69) is 15.0 Å². The van der Waals surface area contributed by atoms with Crippen molar-refractivity contribution in [3.05, 3.63) is 42.0 Å². The van der Waals surface area contributed by atoms with Gasteiger partial charge in [-0.05, 0) is 50.6 Å². The Labute approximate surface area is 178 Å². The molecule has 4 aromatic rings. The van der Waals surface area contributed by atoms with Crippen LogP contribution in [0.15, 0.2) is 30.6 Å². The minimum Gasteiger partial charge on any atom is -0.443 e. The lowest BCUT2D eigenvalue weighted by molar-refractivity contribution is 0.0588. The van der Waals surface area contributed by atoms with E-state index in [1.54, 1.807) is 34.1 Å². The van der Waals surface area contributed by atoms with E-state index in [1.807, 2.05) is 23.7 Å². The van der Waals surface area contributed by atoms with Crippen LogP contribution in [0.5, 0.6) is 0 Å². The summed E-state index contributed by atoms with van der Waals surface area (Å²) in [5.74, 6) is 0.00762. The molecule has 0 radical (unpaired) electrons. The third-order valence-electron chi connectivity index (χ3n) is 4.91. The summed E-state index contributed by atoms with van der Waals surface area (Å²) in [6.45, 7) is 5.65. The van der Waals surface area contributed by atoms with E-state index < -0.39 is 11.7 Å². The number of H-pyrrole nitrogens is 1. The minimum absolute atomic E-state index is 0.236. The summed E-state index contributed by atoms with van der Waals surface area (Å²) in [7, 11) is 3.47. The summed E-state index contributed by atoms with van der Waals surface area (Å²) in [5, 5.41) is 0.810. The molecule has 0 saturated carbocycles. The topological polar surface area (TPSA) is 102 Å². The normalized spacial score (nSPS) is 12.0. The number of hydrogen-bond acceptors (Lipinski definition) is 5. The molecular weight excluding hydrogens is 399 g/mol. The molecule has 8 nitrogen and oxygen atoms in total. The lowest BCUT2D eigenvalue weighted by Crippen LogP contribution is -2.34. The Bertz CT molecular complexity index is 1300. The van der Waals surface area contributed by atoms with Crippen molar-refractivity contribution in [3.63, 3.8) is 0 Å². The van der Waals surface area contributed by atoms with Crippen molar-refractivity contribution >= 4 is 34.0 Å². The van der Waals surface area contributed by atoms with E-state index in [4.69, 9.17) is 10.5 Å². The number of hydrogen-bond donors (Lipinski definition) is 2. The Kier molecular flexibility index (Phi) is 4.93. The summed E-state index contributed by atoms with van der Waals surface area (Å²) in [4.78, 5) is 26.3. The van der Waals surface area contributed by atoms with Gasteiger partial charge in [0.1, 0.15) is 22.6 Å². The molecule has 0 aliphatic carbocycles. The first-order chi connectivity index (χ1) is 14.6. The number of anilines is 1. The van der Waals surface area contributed by atoms with Gasteiger partial charge in [0, 0.05) is 37.3 Å². The number of fused-ring (bicyclic) bond motifs is 3. The number of nitrogens with two attached hydrogens (primary N) is 1. The molecule has 3 heterocycles. The van der Waals surface area contributed by atoms with Gasteiger partial charge < -0.3 is 20.0 Å². The number of aromatic nitrogens is 4. The number of halogens is 1. The summed E-state index contributed by atoms with van der Waals surface area (Å²) in [6.07, 6.45) is 1.13. The van der Waals surface area contributed by atoms with Gasteiger partial charge in [-0.3, -0.25) is 4.90 Å². The zero-order valence-corrected chi connectivity index (χ0v) is 18.2. The van der Waals surface area contributed by atoms with E-state index in [9.17, 15) is 9.18 Å². The van der Waals surface area contributed by atoms with Crippen molar-refractivity contribution in [2.45, 2.75) is 32.9 Å². The molecule has 0 unspecified atom stereocenters. The molecule has 0 bridgehead atoms. The van der Waals surface area contributed by atoms with Crippen LogP contribution in [0.4, 0.5) is 15.0 Å². The maximum absolute atomic E-state index is 14.1. The molecule has 162 valence electrons. The molecule has 1 aromatic carbocycles. The van der Waals surface area contributed by atoms with Crippen LogP contribution >= 0.6 is 0 Å². The summed E-state index contributed by atoms with van der Waals surface area (Å²) in [5.41, 5.74) is 9.02. The maximum Gasteiger partial charge on any atom is 0.415 e. The molecule has 0 aliphatic rings. The van der Waals surface area contributed by atoms with Gasteiger partial charge in [-0.1, -0.05) is 0 Å². The number of carbonyl (C=O) groups is 1. The lowest BCUT2D eigenvalue weighted by Gasteiger charge is -2.24. The monoisotopic (exact) mass is 424 g/mol. The van der Waals surface area contributed by atoms with Crippen molar-refractivity contribution < 1.29 is 13.9 Å². The molecule has 4 rings (SSSR count). The zero-order chi connectivity index (χ0) is 22.5. The molecular formula is C22H25FN6O2. The van der Waals surface area contributed by atoms with Gasteiger partial charge in [0.25, 0.3) is 0 Å². The van der Waals surface area contributed by atoms with Crippen molar-refractivity contribution in [3.8, 4) is 11.3 Å². The second-order valence-electron chi connectivity index (χ2n) is 8.53. The van der Waals surface area contributed by atoms with E-state index in [-0.39, 0.29) is 12.4 Å². The molecule has 0 aliphatic heterocycles. The number of benzene rings is 1. The Balaban J connectivity index is 1.89. The number of nitrogens with one attached hydrogen (secondary N) is 1. The highest BCUT2D eigenvalue weighted by Crippen LogP contribution is 2.33. The molecule has 1 amide bonds. The minimum atomic E-state index is -0.642. The molecule has 3 aromatic heterocycles. The number of carbonyl (C=O) groups excluding carboxylic acids is 1. The van der Waals surface area contributed by atoms with Crippen molar-refractivity contribution in [1.82, 2.24) is 19.5 Å². The molecule has 31 heavy (non-hydrogen) atoms. The highest BCUT2D eigenvalue weighted by molar-refractivity contribution is 6.09. The fourth-order valence-electron chi connectivity index (χ4n) is 3.51. The maximum atomic E-state index is 14.1. The SMILES string of the molecule is CN(C(=O)OC(C)(C)C)c1nc2[nH]c(-c3cc(F)cc(CN)c3)cc2c2c1ncn2C. The van der Waals surface area contributed by atoms with E-state index >= 15 is 0 Å². The first-order valence-electron chi connectivity index (χ1n) is 9.88. The first-order valence-corrected chi connectivity index (χ1v) is 9.88. The van der Waals surface area contributed by atoms with Crippen LogP contribution < -0.4 is 10.6 Å². The largest absolute Gasteiger partial charge is 0.443 e. The summed E-state index contributed by atoms with van der Waals surface area (Å²) < 4.78 is 21.4. The van der Waals surface area contributed by atoms with Gasteiger partial charge in [0.15, 0.2) is 5.82 Å². The van der Waals surface area contributed by atoms with E-state index in [1.165, 1.54) is 17.0 Å². The summed E-state index contributed by atoms with van der Waals surface area (Å²) in [6, 6.07) is 6.59. The number of pyridine rings is 1. The van der Waals surface area contributed by atoms with Crippen LogP contribution in [-0.4, -0.2) is 38.3 Å². The van der Waals surface area contributed by atoms with Gasteiger partial charge in [0.2, 0.25) is 0 Å². The van der Waals surface area contributed by atoms with Crippen molar-refractivity contribution in [2.75, 3.05) is 11.9 Å². The molecule has 0 spiro atoms. The third kappa shape index (κ3) is 3.84. The Morgan fingerprint density at radius 3 is 2.71 bits per heavy atom. The quantitative estimate of drug-likeness (QED) is 0.516. The zero-order valence-electron chi connectivity index (χ0n) is 18.2. The molecule has 9 heteroatoms. The molecule has 0 fully saturated rings. The van der Waals surface area contributed by atoms with Gasteiger partial charge in [-0.25, -0.2) is 19.2 Å². The van der Waals surface area contributed by atoms with Crippen LogP contribution in [0.2, 0.25) is 0 Å². The van der Waals surface area contributed by atoms with Gasteiger partial charge in [-0.2, -0.15) is 0 Å². The fraction of sp³-hybridized carbons (Fsp3) is 0.318. The van der Waals surface area contributed by atoms with E-state index in [0.29, 0.717) is 33.8 Å². The van der Waals surface area contributed by atoms with E-state index in [0.717, 1.165) is 10.9 Å². The van der Waals surface area contributed by atoms with Gasteiger partial charge in [-0.15, -0.1) is 0 Å². The predicted octanol–water partition coefficient (Wildman–Crippen LogP) is 4.09. The fourth-order valence-corrected chi connectivity index (χ4v) is 3.51. The highest BCUT2D eigenvalue weighted by Gasteiger charge is 2.25. The molecule has 3 N–H and O–H groups in total. The van der Waals surface area contributed by atoms with Gasteiger partial charge in [0.05, 0.1) is 11.8 Å². The third-order valence-corrected chi connectivity index (χ3v) is 4.91. The second kappa shape index (κ2) is 7.35. The average molecular weight is 424 g/mol. The van der Waals surface area contributed by atoms with Crippen LogP contribution in [0.25, 0.3) is 33.3 Å². The van der Waals surface area contributed by atoms with Crippen LogP contribution in [-0.2, 0) is 18.3 Å². The molecule has 0 saturated heterocycles. The Morgan fingerprint density at radius 2 is 2.03 bits per heavy atom. The second-order valence-corrected chi connectivity index (χ2v) is 8.53. The number of rotatable bonds is 3. The Morgan fingerprint density at radius 1 is 1.29 bits per heavy atom. The van der Waals surface area contributed by atoms with Crippen molar-refractivity contribution in [2.24, 2.45) is 12.8 Å². The number of amides is 1. The summed E-state index contributed by atoms with van der Waals surface area (Å²) >= 11 is 0. The number of aryl methyl sites for hydroxylation is 1.